The van der Waals surface area contributed by atoms with E-state index in [4.69, 9.17) is 17.3 Å². The van der Waals surface area contributed by atoms with Crippen molar-refractivity contribution in [1.82, 2.24) is 9.97 Å². The summed E-state index contributed by atoms with van der Waals surface area (Å²) in [6, 6.07) is 9.67. The molecule has 118 valence electrons. The third-order valence-electron chi connectivity index (χ3n) is 3.96. The molecule has 0 bridgehead atoms. The fraction of sp³-hybridized carbons (Fsp3) is 0.353. The molecule has 2 N–H and O–H groups in total. The highest BCUT2D eigenvalue weighted by Crippen LogP contribution is 2.34. The second-order valence-electron chi connectivity index (χ2n) is 5.65. The first-order chi connectivity index (χ1) is 11.2. The van der Waals surface area contributed by atoms with Crippen molar-refractivity contribution in [2.24, 2.45) is 0 Å². The van der Waals surface area contributed by atoms with Gasteiger partial charge in [-0.1, -0.05) is 48.3 Å². The number of nitrogen functional groups attached to an aromatic ring is 1. The SMILES string of the molecule is N#Cc1c(N)nc(SC2CCCC2)nc1Cc1ccc(Cl)cc1. The highest BCUT2D eigenvalue weighted by molar-refractivity contribution is 7.99. The van der Waals surface area contributed by atoms with Crippen LogP contribution < -0.4 is 5.73 Å². The molecule has 2 aromatic rings. The molecule has 1 saturated carbocycles. The molecule has 1 aliphatic rings. The second-order valence-corrected chi connectivity index (χ2v) is 7.36. The summed E-state index contributed by atoms with van der Waals surface area (Å²) in [6.45, 7) is 0. The van der Waals surface area contributed by atoms with E-state index in [1.54, 1.807) is 11.8 Å². The van der Waals surface area contributed by atoms with E-state index in [0.29, 0.717) is 33.1 Å². The van der Waals surface area contributed by atoms with E-state index < -0.39 is 0 Å². The van der Waals surface area contributed by atoms with Crippen molar-refractivity contribution in [2.45, 2.75) is 42.5 Å². The fourth-order valence-electron chi connectivity index (χ4n) is 2.76. The van der Waals surface area contributed by atoms with Gasteiger partial charge in [0.2, 0.25) is 0 Å². The van der Waals surface area contributed by atoms with Crippen molar-refractivity contribution in [3.63, 3.8) is 0 Å². The van der Waals surface area contributed by atoms with Gasteiger partial charge in [0, 0.05) is 16.7 Å². The quantitative estimate of drug-likeness (QED) is 0.841. The third kappa shape index (κ3) is 3.95. The summed E-state index contributed by atoms with van der Waals surface area (Å²) in [4.78, 5) is 8.91. The Kier molecular flexibility index (Phi) is 5.04. The molecule has 3 rings (SSSR count). The number of benzene rings is 1. The molecule has 1 fully saturated rings. The number of anilines is 1. The molecule has 0 unspecified atom stereocenters. The van der Waals surface area contributed by atoms with E-state index in [-0.39, 0.29) is 5.82 Å². The van der Waals surface area contributed by atoms with Crippen molar-refractivity contribution < 1.29 is 0 Å². The maximum Gasteiger partial charge on any atom is 0.190 e. The number of aromatic nitrogens is 2. The van der Waals surface area contributed by atoms with Gasteiger partial charge in [0.15, 0.2) is 5.16 Å². The zero-order valence-electron chi connectivity index (χ0n) is 12.6. The summed E-state index contributed by atoms with van der Waals surface area (Å²) >= 11 is 7.60. The van der Waals surface area contributed by atoms with Crippen molar-refractivity contribution in [3.8, 4) is 6.07 Å². The number of rotatable bonds is 4. The van der Waals surface area contributed by atoms with E-state index in [1.807, 2.05) is 24.3 Å². The standard InChI is InChI=1S/C17H17ClN4S/c18-12-7-5-11(6-8-12)9-15-14(10-19)16(20)22-17(21-15)23-13-3-1-2-4-13/h5-8,13H,1-4,9H2,(H2,20,21,22). The number of nitrogens with two attached hydrogens (primary N) is 1. The highest BCUT2D eigenvalue weighted by Gasteiger charge is 2.20. The maximum absolute atomic E-state index is 9.36. The Morgan fingerprint density at radius 1 is 1.22 bits per heavy atom. The smallest absolute Gasteiger partial charge is 0.190 e. The maximum atomic E-state index is 9.36. The molecule has 23 heavy (non-hydrogen) atoms. The number of thioether (sulfide) groups is 1. The second kappa shape index (κ2) is 7.20. The van der Waals surface area contributed by atoms with E-state index in [1.165, 1.54) is 25.7 Å². The van der Waals surface area contributed by atoms with Gasteiger partial charge in [-0.25, -0.2) is 9.97 Å². The Balaban J connectivity index is 1.88. The molecule has 0 spiro atoms. The lowest BCUT2D eigenvalue weighted by Crippen LogP contribution is -2.07. The molecule has 1 aliphatic carbocycles. The summed E-state index contributed by atoms with van der Waals surface area (Å²) in [5.74, 6) is 0.270. The molecule has 1 aromatic carbocycles. The normalized spacial score (nSPS) is 14.8. The lowest BCUT2D eigenvalue weighted by atomic mass is 10.1. The Labute approximate surface area is 145 Å². The summed E-state index contributed by atoms with van der Waals surface area (Å²) in [5, 5.41) is 11.3. The van der Waals surface area contributed by atoms with Gasteiger partial charge in [-0.15, -0.1) is 0 Å². The Morgan fingerprint density at radius 3 is 2.57 bits per heavy atom. The van der Waals surface area contributed by atoms with Crippen LogP contribution in [0.4, 0.5) is 5.82 Å². The molecular weight excluding hydrogens is 328 g/mol. The minimum absolute atomic E-state index is 0.270. The predicted octanol–water partition coefficient (Wildman–Crippen LogP) is 4.21. The Bertz CT molecular complexity index is 733. The zero-order chi connectivity index (χ0) is 16.2. The van der Waals surface area contributed by atoms with Crippen LogP contribution >= 0.6 is 23.4 Å². The van der Waals surface area contributed by atoms with Crippen LogP contribution in [0.25, 0.3) is 0 Å². The summed E-state index contributed by atoms with van der Waals surface area (Å²) in [7, 11) is 0. The van der Waals surface area contributed by atoms with Gasteiger partial charge in [-0.2, -0.15) is 5.26 Å². The minimum Gasteiger partial charge on any atom is -0.382 e. The molecule has 1 heterocycles. The van der Waals surface area contributed by atoms with Crippen LogP contribution in [0.15, 0.2) is 29.4 Å². The number of nitriles is 1. The average molecular weight is 345 g/mol. The lowest BCUT2D eigenvalue weighted by molar-refractivity contribution is 0.866. The molecule has 1 aromatic heterocycles. The van der Waals surface area contributed by atoms with Crippen LogP contribution in [0.2, 0.25) is 5.02 Å². The van der Waals surface area contributed by atoms with Crippen LogP contribution in [-0.4, -0.2) is 15.2 Å². The Morgan fingerprint density at radius 2 is 1.91 bits per heavy atom. The fourth-order valence-corrected chi connectivity index (χ4v) is 4.06. The van der Waals surface area contributed by atoms with E-state index in [0.717, 1.165) is 5.56 Å². The van der Waals surface area contributed by atoms with Gasteiger partial charge in [0.1, 0.15) is 17.5 Å². The molecule has 0 radical (unpaired) electrons. The van der Waals surface area contributed by atoms with Crippen molar-refractivity contribution >= 4 is 29.2 Å². The van der Waals surface area contributed by atoms with Gasteiger partial charge < -0.3 is 5.73 Å². The van der Waals surface area contributed by atoms with Crippen molar-refractivity contribution in [3.05, 3.63) is 46.1 Å². The van der Waals surface area contributed by atoms with Gasteiger partial charge >= 0.3 is 0 Å². The lowest BCUT2D eigenvalue weighted by Gasteiger charge is -2.11. The first-order valence-corrected chi connectivity index (χ1v) is 8.89. The van der Waals surface area contributed by atoms with Gasteiger partial charge in [0.25, 0.3) is 0 Å². The largest absolute Gasteiger partial charge is 0.382 e. The molecule has 6 heteroatoms. The summed E-state index contributed by atoms with van der Waals surface area (Å²) < 4.78 is 0. The van der Waals surface area contributed by atoms with Crippen LogP contribution in [0.5, 0.6) is 0 Å². The first kappa shape index (κ1) is 16.1. The number of hydrogen-bond donors (Lipinski definition) is 1. The van der Waals surface area contributed by atoms with Crippen molar-refractivity contribution in [1.29, 1.82) is 5.26 Å². The molecule has 0 amide bonds. The topological polar surface area (TPSA) is 75.6 Å². The van der Waals surface area contributed by atoms with E-state index in [9.17, 15) is 5.26 Å². The zero-order valence-corrected chi connectivity index (χ0v) is 14.2. The molecule has 0 aliphatic heterocycles. The average Bonchev–Trinajstić information content (AvgIpc) is 3.02. The van der Waals surface area contributed by atoms with Gasteiger partial charge in [-0.3, -0.25) is 0 Å². The summed E-state index contributed by atoms with van der Waals surface area (Å²) in [6.07, 6.45) is 5.47. The van der Waals surface area contributed by atoms with Crippen molar-refractivity contribution in [2.75, 3.05) is 5.73 Å². The first-order valence-electron chi connectivity index (χ1n) is 7.63. The Hall–Kier alpha value is -1.77. The van der Waals surface area contributed by atoms with Gasteiger partial charge in [0.05, 0.1) is 5.69 Å². The number of nitrogens with zero attached hydrogens (tertiary/aromatic N) is 3. The predicted molar refractivity (Wildman–Crippen MR) is 93.5 cm³/mol. The summed E-state index contributed by atoms with van der Waals surface area (Å²) in [5.41, 5.74) is 8.07. The number of hydrogen-bond acceptors (Lipinski definition) is 5. The highest BCUT2D eigenvalue weighted by atomic mass is 35.5. The molecule has 4 nitrogen and oxygen atoms in total. The third-order valence-corrected chi connectivity index (χ3v) is 5.41. The molecule has 0 atom stereocenters. The van der Waals surface area contributed by atoms with Crippen LogP contribution in [0, 0.1) is 11.3 Å². The van der Waals surface area contributed by atoms with Crippen LogP contribution in [0.1, 0.15) is 42.5 Å². The van der Waals surface area contributed by atoms with E-state index in [2.05, 4.69) is 16.0 Å². The van der Waals surface area contributed by atoms with Crippen LogP contribution in [0.3, 0.4) is 0 Å². The molecular formula is C17H17ClN4S. The molecule has 0 saturated heterocycles. The van der Waals surface area contributed by atoms with Gasteiger partial charge in [-0.05, 0) is 30.5 Å². The van der Waals surface area contributed by atoms with E-state index >= 15 is 0 Å². The number of halogens is 1. The van der Waals surface area contributed by atoms with Crippen LogP contribution in [-0.2, 0) is 6.42 Å². The minimum atomic E-state index is 0.270. The monoisotopic (exact) mass is 344 g/mol.